The molecule has 1 aromatic rings. The molecule has 1 N–H and O–H groups in total. The van der Waals surface area contributed by atoms with Gasteiger partial charge < -0.3 is 5.32 Å². The number of nitrogens with one attached hydrogen (secondary N) is 1. The first-order valence-corrected chi connectivity index (χ1v) is 5.55. The van der Waals surface area contributed by atoms with Gasteiger partial charge in [0, 0.05) is 11.6 Å². The molecule has 0 saturated heterocycles. The fraction of sp³-hybridized carbons (Fsp3) is 0.462. The lowest BCUT2D eigenvalue weighted by molar-refractivity contribution is -0.119. The molecule has 0 aliphatic rings. The number of amides is 1. The van der Waals surface area contributed by atoms with E-state index in [1.807, 2.05) is 6.92 Å². The SMILES string of the molecule is CC(C)CC(C)C(=O)Nc1ccc(F)cc1. The van der Waals surface area contributed by atoms with Crippen molar-refractivity contribution in [1.29, 1.82) is 0 Å². The Morgan fingerprint density at radius 2 is 1.81 bits per heavy atom. The maximum Gasteiger partial charge on any atom is 0.227 e. The molecule has 0 radical (unpaired) electrons. The number of hydrogen-bond acceptors (Lipinski definition) is 1. The van der Waals surface area contributed by atoms with Crippen molar-refractivity contribution in [2.24, 2.45) is 11.8 Å². The average molecular weight is 223 g/mol. The van der Waals surface area contributed by atoms with Crippen LogP contribution in [0.3, 0.4) is 0 Å². The summed E-state index contributed by atoms with van der Waals surface area (Å²) < 4.78 is 12.6. The zero-order chi connectivity index (χ0) is 12.1. The molecule has 1 amide bonds. The zero-order valence-corrected chi connectivity index (χ0v) is 9.96. The van der Waals surface area contributed by atoms with E-state index in [0.29, 0.717) is 11.6 Å². The Morgan fingerprint density at radius 1 is 1.25 bits per heavy atom. The van der Waals surface area contributed by atoms with E-state index in [0.717, 1.165) is 6.42 Å². The largest absolute Gasteiger partial charge is 0.326 e. The van der Waals surface area contributed by atoms with Gasteiger partial charge in [-0.05, 0) is 36.6 Å². The zero-order valence-electron chi connectivity index (χ0n) is 9.96. The number of carbonyl (C=O) groups is 1. The summed E-state index contributed by atoms with van der Waals surface area (Å²) in [6.07, 6.45) is 0.854. The van der Waals surface area contributed by atoms with Gasteiger partial charge in [0.15, 0.2) is 0 Å². The Bertz CT molecular complexity index is 345. The first-order chi connectivity index (χ1) is 7.49. The number of carbonyl (C=O) groups excluding carboxylic acids is 1. The Labute approximate surface area is 95.9 Å². The maximum absolute atomic E-state index is 12.6. The van der Waals surface area contributed by atoms with Crippen molar-refractivity contribution < 1.29 is 9.18 Å². The highest BCUT2D eigenvalue weighted by Crippen LogP contribution is 2.14. The monoisotopic (exact) mass is 223 g/mol. The van der Waals surface area contributed by atoms with Crippen molar-refractivity contribution in [3.63, 3.8) is 0 Å². The van der Waals surface area contributed by atoms with E-state index in [4.69, 9.17) is 0 Å². The number of anilines is 1. The molecule has 0 spiro atoms. The molecule has 2 nitrogen and oxygen atoms in total. The smallest absolute Gasteiger partial charge is 0.227 e. The third-order valence-electron chi connectivity index (χ3n) is 2.38. The maximum atomic E-state index is 12.6. The molecule has 3 heteroatoms. The Morgan fingerprint density at radius 3 is 2.31 bits per heavy atom. The summed E-state index contributed by atoms with van der Waals surface area (Å²) in [5.74, 6) is 0.160. The molecule has 0 bridgehead atoms. The standard InChI is InChI=1S/C13H18FNO/c1-9(2)8-10(3)13(16)15-12-6-4-11(14)5-7-12/h4-7,9-10H,8H2,1-3H3,(H,15,16). The summed E-state index contributed by atoms with van der Waals surface area (Å²) >= 11 is 0. The van der Waals surface area contributed by atoms with Crippen LogP contribution in [-0.4, -0.2) is 5.91 Å². The number of hydrogen-bond donors (Lipinski definition) is 1. The average Bonchev–Trinajstić information content (AvgIpc) is 2.20. The van der Waals surface area contributed by atoms with E-state index in [9.17, 15) is 9.18 Å². The first kappa shape index (κ1) is 12.7. The topological polar surface area (TPSA) is 29.1 Å². The van der Waals surface area contributed by atoms with Crippen molar-refractivity contribution in [2.75, 3.05) is 5.32 Å². The van der Waals surface area contributed by atoms with Crippen LogP contribution in [-0.2, 0) is 4.79 Å². The van der Waals surface area contributed by atoms with Crippen LogP contribution in [0, 0.1) is 17.7 Å². The molecule has 0 saturated carbocycles. The Kier molecular flexibility index (Phi) is 4.47. The minimum absolute atomic E-state index is 0.0136. The second-order valence-electron chi connectivity index (χ2n) is 4.53. The summed E-state index contributed by atoms with van der Waals surface area (Å²) in [6.45, 7) is 6.07. The molecule has 0 aliphatic carbocycles. The second kappa shape index (κ2) is 5.64. The molecule has 1 atom stereocenters. The summed E-state index contributed by atoms with van der Waals surface area (Å²) in [6, 6.07) is 5.80. The number of halogens is 1. The second-order valence-corrected chi connectivity index (χ2v) is 4.53. The van der Waals surface area contributed by atoms with Gasteiger partial charge in [0.1, 0.15) is 5.82 Å². The summed E-state index contributed by atoms with van der Waals surface area (Å²) in [5.41, 5.74) is 0.641. The molecular formula is C13H18FNO. The van der Waals surface area contributed by atoms with Gasteiger partial charge in [-0.2, -0.15) is 0 Å². The third-order valence-corrected chi connectivity index (χ3v) is 2.38. The van der Waals surface area contributed by atoms with Gasteiger partial charge in [-0.3, -0.25) is 4.79 Å². The lowest BCUT2D eigenvalue weighted by Gasteiger charge is -2.13. The van der Waals surface area contributed by atoms with Crippen LogP contribution >= 0.6 is 0 Å². The van der Waals surface area contributed by atoms with Gasteiger partial charge >= 0.3 is 0 Å². The molecule has 0 fully saturated rings. The highest BCUT2D eigenvalue weighted by Gasteiger charge is 2.14. The van der Waals surface area contributed by atoms with Gasteiger partial charge in [-0.1, -0.05) is 20.8 Å². The lowest BCUT2D eigenvalue weighted by atomic mass is 9.98. The molecular weight excluding hydrogens is 205 g/mol. The predicted molar refractivity (Wildman–Crippen MR) is 63.6 cm³/mol. The van der Waals surface area contributed by atoms with Gasteiger partial charge in [0.2, 0.25) is 5.91 Å². The lowest BCUT2D eigenvalue weighted by Crippen LogP contribution is -2.21. The van der Waals surface area contributed by atoms with Crippen LogP contribution in [0.5, 0.6) is 0 Å². The fourth-order valence-electron chi connectivity index (χ4n) is 1.61. The number of rotatable bonds is 4. The first-order valence-electron chi connectivity index (χ1n) is 5.55. The summed E-state index contributed by atoms with van der Waals surface area (Å²) in [7, 11) is 0. The van der Waals surface area contributed by atoms with Crippen molar-refractivity contribution in [3.05, 3.63) is 30.1 Å². The molecule has 16 heavy (non-hydrogen) atoms. The molecule has 0 aromatic heterocycles. The van der Waals surface area contributed by atoms with E-state index in [-0.39, 0.29) is 17.6 Å². The van der Waals surface area contributed by atoms with Crippen molar-refractivity contribution in [2.45, 2.75) is 27.2 Å². The van der Waals surface area contributed by atoms with E-state index in [2.05, 4.69) is 19.2 Å². The van der Waals surface area contributed by atoms with Crippen molar-refractivity contribution in [3.8, 4) is 0 Å². The van der Waals surface area contributed by atoms with Gasteiger partial charge in [0.05, 0.1) is 0 Å². The van der Waals surface area contributed by atoms with E-state index < -0.39 is 0 Å². The van der Waals surface area contributed by atoms with Gasteiger partial charge in [0.25, 0.3) is 0 Å². The van der Waals surface area contributed by atoms with E-state index in [1.165, 1.54) is 12.1 Å². The fourth-order valence-corrected chi connectivity index (χ4v) is 1.61. The predicted octanol–water partition coefficient (Wildman–Crippen LogP) is 3.45. The molecule has 1 rings (SSSR count). The minimum Gasteiger partial charge on any atom is -0.326 e. The van der Waals surface area contributed by atoms with Crippen LogP contribution in [0.15, 0.2) is 24.3 Å². The van der Waals surface area contributed by atoms with E-state index >= 15 is 0 Å². The van der Waals surface area contributed by atoms with Crippen LogP contribution in [0.25, 0.3) is 0 Å². The van der Waals surface area contributed by atoms with Crippen molar-refractivity contribution >= 4 is 11.6 Å². The van der Waals surface area contributed by atoms with Crippen LogP contribution in [0.4, 0.5) is 10.1 Å². The summed E-state index contributed by atoms with van der Waals surface area (Å²) in [5, 5.41) is 2.77. The van der Waals surface area contributed by atoms with Crippen LogP contribution in [0.1, 0.15) is 27.2 Å². The quantitative estimate of drug-likeness (QED) is 0.832. The van der Waals surface area contributed by atoms with Gasteiger partial charge in [-0.15, -0.1) is 0 Å². The van der Waals surface area contributed by atoms with Crippen molar-refractivity contribution in [1.82, 2.24) is 0 Å². The highest BCUT2D eigenvalue weighted by atomic mass is 19.1. The minimum atomic E-state index is -0.298. The molecule has 0 heterocycles. The van der Waals surface area contributed by atoms with E-state index in [1.54, 1.807) is 12.1 Å². The highest BCUT2D eigenvalue weighted by molar-refractivity contribution is 5.92. The van der Waals surface area contributed by atoms with Crippen LogP contribution in [0.2, 0.25) is 0 Å². The third kappa shape index (κ3) is 4.01. The van der Waals surface area contributed by atoms with Gasteiger partial charge in [-0.25, -0.2) is 4.39 Å². The molecule has 1 aromatic carbocycles. The number of benzene rings is 1. The normalized spacial score (nSPS) is 12.6. The Balaban J connectivity index is 2.54. The Hall–Kier alpha value is -1.38. The molecule has 88 valence electrons. The molecule has 1 unspecified atom stereocenters. The molecule has 0 aliphatic heterocycles. The summed E-state index contributed by atoms with van der Waals surface area (Å²) in [4.78, 5) is 11.7. The van der Waals surface area contributed by atoms with Crippen LogP contribution < -0.4 is 5.32 Å².